The second-order valence-corrected chi connectivity index (χ2v) is 5.74. The summed E-state index contributed by atoms with van der Waals surface area (Å²) in [6, 6.07) is 10.6. The lowest BCUT2D eigenvalue weighted by molar-refractivity contribution is 0.250. The van der Waals surface area contributed by atoms with Gasteiger partial charge in [0.05, 0.1) is 0 Å². The standard InChI is InChI=1S/C16H19N7/c17-16-18-10-13(15-19-12-20-23(15)16)11-21-6-8-22(9-7-21)14-4-2-1-3-5-14/h1-5,10,12H,6-9,11H2,(H2,17,18). The minimum Gasteiger partial charge on any atom is -0.369 e. The minimum absolute atomic E-state index is 0.371. The molecule has 0 radical (unpaired) electrons. The molecule has 2 N–H and O–H groups in total. The number of rotatable bonds is 3. The highest BCUT2D eigenvalue weighted by atomic mass is 15.3. The number of anilines is 2. The Kier molecular flexibility index (Phi) is 3.55. The summed E-state index contributed by atoms with van der Waals surface area (Å²) >= 11 is 0. The molecule has 0 saturated carbocycles. The van der Waals surface area contributed by atoms with Crippen LogP contribution >= 0.6 is 0 Å². The first-order valence-electron chi connectivity index (χ1n) is 7.77. The SMILES string of the molecule is Nc1ncc(CN2CCN(c3ccccc3)CC2)c2ncnn12. The molecule has 1 aliphatic heterocycles. The molecule has 118 valence electrons. The van der Waals surface area contributed by atoms with Crippen LogP contribution in [0.5, 0.6) is 0 Å². The van der Waals surface area contributed by atoms with Gasteiger partial charge in [-0.1, -0.05) is 18.2 Å². The van der Waals surface area contributed by atoms with Crippen molar-refractivity contribution in [2.45, 2.75) is 6.54 Å². The Bertz CT molecular complexity index is 791. The van der Waals surface area contributed by atoms with Gasteiger partial charge in [0.15, 0.2) is 5.65 Å². The fourth-order valence-electron chi connectivity index (χ4n) is 3.04. The molecule has 1 aliphatic rings. The van der Waals surface area contributed by atoms with Crippen molar-refractivity contribution in [1.29, 1.82) is 0 Å². The largest absolute Gasteiger partial charge is 0.369 e. The predicted octanol–water partition coefficient (Wildman–Crippen LogP) is 1.03. The van der Waals surface area contributed by atoms with Crippen LogP contribution < -0.4 is 10.6 Å². The molecule has 23 heavy (non-hydrogen) atoms. The molecular weight excluding hydrogens is 290 g/mol. The van der Waals surface area contributed by atoms with Crippen LogP contribution in [-0.2, 0) is 6.54 Å². The van der Waals surface area contributed by atoms with Crippen LogP contribution in [0.3, 0.4) is 0 Å². The van der Waals surface area contributed by atoms with Gasteiger partial charge in [-0.25, -0.2) is 9.97 Å². The van der Waals surface area contributed by atoms with Gasteiger partial charge in [0.25, 0.3) is 0 Å². The molecule has 0 amide bonds. The van der Waals surface area contributed by atoms with Gasteiger partial charge in [0.1, 0.15) is 6.33 Å². The molecule has 1 aromatic carbocycles. The first kappa shape index (κ1) is 14.0. The molecule has 0 unspecified atom stereocenters. The van der Waals surface area contributed by atoms with Crippen LogP contribution in [0.4, 0.5) is 11.6 Å². The fourth-order valence-corrected chi connectivity index (χ4v) is 3.04. The molecule has 2 aromatic heterocycles. The number of piperazine rings is 1. The summed E-state index contributed by atoms with van der Waals surface area (Å²) in [5.41, 5.74) is 8.96. The third-order valence-corrected chi connectivity index (χ3v) is 4.29. The van der Waals surface area contributed by atoms with Crippen LogP contribution in [0.1, 0.15) is 5.56 Å². The molecule has 3 heterocycles. The van der Waals surface area contributed by atoms with Crippen LogP contribution in [0.2, 0.25) is 0 Å². The Labute approximate surface area is 134 Å². The maximum Gasteiger partial charge on any atom is 0.223 e. The lowest BCUT2D eigenvalue weighted by Crippen LogP contribution is -2.46. The predicted molar refractivity (Wildman–Crippen MR) is 89.1 cm³/mol. The van der Waals surface area contributed by atoms with Crippen LogP contribution in [0.15, 0.2) is 42.9 Å². The highest BCUT2D eigenvalue weighted by Crippen LogP contribution is 2.18. The number of aromatic nitrogens is 4. The van der Waals surface area contributed by atoms with Crippen molar-refractivity contribution in [3.8, 4) is 0 Å². The molecule has 4 rings (SSSR count). The second-order valence-electron chi connectivity index (χ2n) is 5.74. The maximum absolute atomic E-state index is 5.81. The first-order chi connectivity index (χ1) is 11.3. The second kappa shape index (κ2) is 5.85. The summed E-state index contributed by atoms with van der Waals surface area (Å²) in [5, 5.41) is 4.12. The summed E-state index contributed by atoms with van der Waals surface area (Å²) in [6.07, 6.45) is 3.33. The van der Waals surface area contributed by atoms with Gasteiger partial charge < -0.3 is 10.6 Å². The quantitative estimate of drug-likeness (QED) is 0.779. The maximum atomic E-state index is 5.81. The minimum atomic E-state index is 0.371. The van der Waals surface area contributed by atoms with Gasteiger partial charge in [-0.3, -0.25) is 4.90 Å². The fraction of sp³-hybridized carbons (Fsp3) is 0.312. The Morgan fingerprint density at radius 2 is 1.78 bits per heavy atom. The lowest BCUT2D eigenvalue weighted by Gasteiger charge is -2.36. The number of nitrogens with two attached hydrogens (primary N) is 1. The van der Waals surface area contributed by atoms with E-state index in [1.54, 1.807) is 4.52 Å². The van der Waals surface area contributed by atoms with E-state index in [4.69, 9.17) is 5.73 Å². The number of fused-ring (bicyclic) bond motifs is 1. The molecule has 0 aliphatic carbocycles. The summed E-state index contributed by atoms with van der Waals surface area (Å²) in [7, 11) is 0. The zero-order chi connectivity index (χ0) is 15.6. The third-order valence-electron chi connectivity index (χ3n) is 4.29. The lowest BCUT2D eigenvalue weighted by atomic mass is 10.2. The topological polar surface area (TPSA) is 75.6 Å². The number of nitrogens with zero attached hydrogens (tertiary/aromatic N) is 6. The van der Waals surface area contributed by atoms with Crippen LogP contribution in [0.25, 0.3) is 5.65 Å². The Morgan fingerprint density at radius 3 is 2.57 bits per heavy atom. The monoisotopic (exact) mass is 309 g/mol. The van der Waals surface area contributed by atoms with Crippen molar-refractivity contribution < 1.29 is 0 Å². The average molecular weight is 309 g/mol. The number of hydrogen-bond acceptors (Lipinski definition) is 6. The zero-order valence-electron chi connectivity index (χ0n) is 12.8. The van der Waals surface area contributed by atoms with Crippen LogP contribution in [-0.4, -0.2) is 50.7 Å². The van der Waals surface area contributed by atoms with E-state index in [1.807, 2.05) is 6.20 Å². The van der Waals surface area contributed by atoms with Gasteiger partial charge in [-0.2, -0.15) is 9.61 Å². The van der Waals surface area contributed by atoms with Crippen molar-refractivity contribution in [2.75, 3.05) is 36.8 Å². The van der Waals surface area contributed by atoms with E-state index < -0.39 is 0 Å². The van der Waals surface area contributed by atoms with Crippen LogP contribution in [0, 0.1) is 0 Å². The van der Waals surface area contributed by atoms with E-state index in [-0.39, 0.29) is 0 Å². The van der Waals surface area contributed by atoms with Crippen molar-refractivity contribution in [2.24, 2.45) is 0 Å². The van der Waals surface area contributed by atoms with Gasteiger partial charge in [-0.05, 0) is 12.1 Å². The van der Waals surface area contributed by atoms with E-state index in [0.717, 1.165) is 43.9 Å². The molecule has 3 aromatic rings. The molecular formula is C16H19N7. The summed E-state index contributed by atoms with van der Waals surface area (Å²) in [6.45, 7) is 4.89. The molecule has 1 fully saturated rings. The van der Waals surface area contributed by atoms with Crippen molar-refractivity contribution >= 4 is 17.3 Å². The summed E-state index contributed by atoms with van der Waals surface area (Å²) in [5.74, 6) is 0.371. The van der Waals surface area contributed by atoms with Crippen molar-refractivity contribution in [3.05, 3.63) is 48.4 Å². The molecule has 0 spiro atoms. The average Bonchev–Trinajstić information content (AvgIpc) is 3.10. The van der Waals surface area contributed by atoms with Gasteiger partial charge in [0.2, 0.25) is 5.95 Å². The highest BCUT2D eigenvalue weighted by Gasteiger charge is 2.19. The van der Waals surface area contributed by atoms with Gasteiger partial charge in [0, 0.05) is 50.2 Å². The Morgan fingerprint density at radius 1 is 1.00 bits per heavy atom. The number of nitrogen functional groups attached to an aromatic ring is 1. The number of benzene rings is 1. The van der Waals surface area contributed by atoms with Gasteiger partial charge >= 0.3 is 0 Å². The molecule has 0 atom stereocenters. The van der Waals surface area contributed by atoms with Gasteiger partial charge in [-0.15, -0.1) is 0 Å². The number of para-hydroxylation sites is 1. The summed E-state index contributed by atoms with van der Waals surface area (Å²) in [4.78, 5) is 13.3. The van der Waals surface area contributed by atoms with Crippen molar-refractivity contribution in [3.63, 3.8) is 0 Å². The Hall–Kier alpha value is -2.67. The zero-order valence-corrected chi connectivity index (χ0v) is 12.8. The molecule has 7 heteroatoms. The van der Waals surface area contributed by atoms with E-state index in [1.165, 1.54) is 12.0 Å². The van der Waals surface area contributed by atoms with E-state index >= 15 is 0 Å². The highest BCUT2D eigenvalue weighted by molar-refractivity contribution is 5.49. The number of hydrogen-bond donors (Lipinski definition) is 1. The van der Waals surface area contributed by atoms with Crippen molar-refractivity contribution in [1.82, 2.24) is 24.5 Å². The first-order valence-corrected chi connectivity index (χ1v) is 7.77. The molecule has 0 bridgehead atoms. The molecule has 1 saturated heterocycles. The third kappa shape index (κ3) is 2.70. The smallest absolute Gasteiger partial charge is 0.223 e. The summed E-state index contributed by atoms with van der Waals surface area (Å²) < 4.78 is 1.59. The van der Waals surface area contributed by atoms with E-state index in [9.17, 15) is 0 Å². The van der Waals surface area contributed by atoms with E-state index in [2.05, 4.69) is 55.2 Å². The normalized spacial score (nSPS) is 16.1. The molecule has 7 nitrogen and oxygen atoms in total. The van der Waals surface area contributed by atoms with E-state index in [0.29, 0.717) is 5.95 Å². The Balaban J connectivity index is 1.45.